The van der Waals surface area contributed by atoms with Gasteiger partial charge in [0, 0.05) is 5.69 Å². The maximum atomic E-state index is 4.62. The molecule has 0 radical (unpaired) electrons. The summed E-state index contributed by atoms with van der Waals surface area (Å²) in [5.41, 5.74) is 4.75. The molecular formula is C15H14N2S. The molecular weight excluding hydrogens is 240 g/mol. The quantitative estimate of drug-likeness (QED) is 0.719. The van der Waals surface area contributed by atoms with Crippen molar-refractivity contribution in [1.29, 1.82) is 0 Å². The van der Waals surface area contributed by atoms with Crippen LogP contribution in [0, 0.1) is 13.8 Å². The van der Waals surface area contributed by atoms with Crippen molar-refractivity contribution >= 4 is 32.4 Å². The number of nitrogens with zero attached hydrogens (tertiary/aromatic N) is 1. The smallest absolute Gasteiger partial charge is 0.188 e. The van der Waals surface area contributed by atoms with Crippen molar-refractivity contribution in [2.75, 3.05) is 5.32 Å². The number of aromatic nitrogens is 1. The van der Waals surface area contributed by atoms with Crippen molar-refractivity contribution in [2.24, 2.45) is 0 Å². The topological polar surface area (TPSA) is 24.9 Å². The van der Waals surface area contributed by atoms with Crippen molar-refractivity contribution in [2.45, 2.75) is 13.8 Å². The summed E-state index contributed by atoms with van der Waals surface area (Å²) in [6, 6.07) is 14.5. The first-order valence-corrected chi connectivity index (χ1v) is 6.74. The van der Waals surface area contributed by atoms with E-state index in [1.807, 2.05) is 30.3 Å². The summed E-state index contributed by atoms with van der Waals surface area (Å²) in [6.07, 6.45) is 0. The molecule has 2 nitrogen and oxygen atoms in total. The van der Waals surface area contributed by atoms with Gasteiger partial charge in [-0.3, -0.25) is 0 Å². The zero-order valence-corrected chi connectivity index (χ0v) is 11.2. The van der Waals surface area contributed by atoms with Gasteiger partial charge in [-0.1, -0.05) is 29.5 Å². The van der Waals surface area contributed by atoms with Crippen LogP contribution in [0.25, 0.3) is 10.2 Å². The Kier molecular flexibility index (Phi) is 2.76. The summed E-state index contributed by atoms with van der Waals surface area (Å²) in [5, 5.41) is 4.29. The second-order valence-corrected chi connectivity index (χ2v) is 5.44. The number of rotatable bonds is 2. The molecule has 0 fully saturated rings. The minimum atomic E-state index is 0.946. The molecule has 0 aliphatic heterocycles. The molecule has 0 unspecified atom stereocenters. The third-order valence-electron chi connectivity index (χ3n) is 3.03. The van der Waals surface area contributed by atoms with E-state index in [0.717, 1.165) is 16.3 Å². The lowest BCUT2D eigenvalue weighted by molar-refractivity contribution is 1.35. The van der Waals surface area contributed by atoms with Crippen LogP contribution >= 0.6 is 11.3 Å². The van der Waals surface area contributed by atoms with Gasteiger partial charge in [0.2, 0.25) is 0 Å². The second-order valence-electron chi connectivity index (χ2n) is 4.41. The number of fused-ring (bicyclic) bond motifs is 1. The van der Waals surface area contributed by atoms with E-state index in [1.165, 1.54) is 15.8 Å². The highest BCUT2D eigenvalue weighted by Gasteiger charge is 2.05. The maximum absolute atomic E-state index is 4.62. The Hall–Kier alpha value is -1.87. The van der Waals surface area contributed by atoms with Gasteiger partial charge in [0.25, 0.3) is 0 Å². The second kappa shape index (κ2) is 4.42. The molecule has 1 N–H and O–H groups in total. The van der Waals surface area contributed by atoms with Crippen LogP contribution in [0.4, 0.5) is 10.8 Å². The van der Waals surface area contributed by atoms with Crippen molar-refractivity contribution < 1.29 is 0 Å². The molecule has 0 spiro atoms. The molecule has 0 bridgehead atoms. The van der Waals surface area contributed by atoms with Crippen LogP contribution in [0.2, 0.25) is 0 Å². The van der Waals surface area contributed by atoms with Crippen LogP contribution in [0.15, 0.2) is 42.5 Å². The molecule has 1 aromatic heterocycles. The molecule has 3 aromatic rings. The first-order chi connectivity index (χ1) is 8.72. The third-order valence-corrected chi connectivity index (χ3v) is 3.96. The van der Waals surface area contributed by atoms with Gasteiger partial charge in [-0.25, -0.2) is 4.98 Å². The van der Waals surface area contributed by atoms with E-state index in [-0.39, 0.29) is 0 Å². The monoisotopic (exact) mass is 254 g/mol. The van der Waals surface area contributed by atoms with Gasteiger partial charge < -0.3 is 5.32 Å². The molecule has 3 rings (SSSR count). The third kappa shape index (κ3) is 2.09. The Morgan fingerprint density at radius 1 is 1.00 bits per heavy atom. The summed E-state index contributed by atoms with van der Waals surface area (Å²) >= 11 is 1.69. The fraction of sp³-hybridized carbons (Fsp3) is 0.133. The molecule has 18 heavy (non-hydrogen) atoms. The van der Waals surface area contributed by atoms with E-state index < -0.39 is 0 Å². The van der Waals surface area contributed by atoms with Crippen LogP contribution in [-0.4, -0.2) is 4.98 Å². The van der Waals surface area contributed by atoms with Gasteiger partial charge >= 0.3 is 0 Å². The molecule has 0 saturated heterocycles. The summed E-state index contributed by atoms with van der Waals surface area (Å²) in [7, 11) is 0. The summed E-state index contributed by atoms with van der Waals surface area (Å²) < 4.78 is 1.23. The Bertz CT molecular complexity index is 647. The molecule has 0 aliphatic rings. The number of thiazole rings is 1. The molecule has 0 saturated carbocycles. The predicted molar refractivity (Wildman–Crippen MR) is 78.8 cm³/mol. The molecule has 0 aliphatic carbocycles. The van der Waals surface area contributed by atoms with Gasteiger partial charge in [-0.2, -0.15) is 0 Å². The van der Waals surface area contributed by atoms with Crippen molar-refractivity contribution in [3.63, 3.8) is 0 Å². The van der Waals surface area contributed by atoms with E-state index in [9.17, 15) is 0 Å². The van der Waals surface area contributed by atoms with Crippen molar-refractivity contribution in [3.8, 4) is 0 Å². The lowest BCUT2D eigenvalue weighted by Crippen LogP contribution is -1.87. The zero-order valence-electron chi connectivity index (χ0n) is 10.4. The average Bonchev–Trinajstić information content (AvgIpc) is 2.72. The van der Waals surface area contributed by atoms with Gasteiger partial charge in [-0.15, -0.1) is 0 Å². The highest BCUT2D eigenvalue weighted by molar-refractivity contribution is 7.22. The predicted octanol–water partition coefficient (Wildman–Crippen LogP) is 4.66. The summed E-state index contributed by atoms with van der Waals surface area (Å²) in [4.78, 5) is 4.62. The zero-order chi connectivity index (χ0) is 12.5. The maximum Gasteiger partial charge on any atom is 0.188 e. The molecule has 0 amide bonds. The van der Waals surface area contributed by atoms with E-state index in [0.29, 0.717) is 0 Å². The summed E-state index contributed by atoms with van der Waals surface area (Å²) in [6.45, 7) is 4.26. The number of aryl methyl sites for hydroxylation is 2. The van der Waals surface area contributed by atoms with Gasteiger partial charge in [0.1, 0.15) is 0 Å². The standard InChI is InChI=1S/C15H14N2S/c1-10-8-13-14(9-11(10)2)18-15(17-13)16-12-6-4-3-5-7-12/h3-9H,1-2H3,(H,16,17). The lowest BCUT2D eigenvalue weighted by Gasteiger charge is -1.99. The van der Waals surface area contributed by atoms with Crippen LogP contribution in [0.5, 0.6) is 0 Å². The number of hydrogen-bond acceptors (Lipinski definition) is 3. The molecule has 1 heterocycles. The van der Waals surface area contributed by atoms with Crippen LogP contribution < -0.4 is 5.32 Å². The van der Waals surface area contributed by atoms with Crippen molar-refractivity contribution in [1.82, 2.24) is 4.98 Å². The number of para-hydroxylation sites is 1. The Morgan fingerprint density at radius 3 is 2.50 bits per heavy atom. The Balaban J connectivity index is 1.99. The van der Waals surface area contributed by atoms with Gasteiger partial charge in [0.15, 0.2) is 5.13 Å². The number of hydrogen-bond donors (Lipinski definition) is 1. The SMILES string of the molecule is Cc1cc2nc(Nc3ccccc3)sc2cc1C. The molecule has 0 atom stereocenters. The number of nitrogens with one attached hydrogen (secondary N) is 1. The van der Waals surface area contributed by atoms with Crippen LogP contribution in [0.3, 0.4) is 0 Å². The molecule has 90 valence electrons. The van der Waals surface area contributed by atoms with E-state index in [4.69, 9.17) is 0 Å². The van der Waals surface area contributed by atoms with E-state index in [1.54, 1.807) is 11.3 Å². The van der Waals surface area contributed by atoms with Crippen molar-refractivity contribution in [3.05, 3.63) is 53.6 Å². The molecule has 2 aromatic carbocycles. The van der Waals surface area contributed by atoms with E-state index >= 15 is 0 Å². The summed E-state index contributed by atoms with van der Waals surface area (Å²) in [5.74, 6) is 0. The van der Waals surface area contributed by atoms with E-state index in [2.05, 4.69) is 36.3 Å². The van der Waals surface area contributed by atoms with Gasteiger partial charge in [-0.05, 0) is 49.2 Å². The van der Waals surface area contributed by atoms with Crippen LogP contribution in [0.1, 0.15) is 11.1 Å². The Labute approximate surface area is 110 Å². The Morgan fingerprint density at radius 2 is 1.72 bits per heavy atom. The fourth-order valence-electron chi connectivity index (χ4n) is 1.88. The minimum Gasteiger partial charge on any atom is -0.332 e. The number of benzene rings is 2. The highest BCUT2D eigenvalue weighted by Crippen LogP contribution is 2.30. The van der Waals surface area contributed by atoms with Crippen LogP contribution in [-0.2, 0) is 0 Å². The fourth-order valence-corrected chi connectivity index (χ4v) is 2.84. The first kappa shape index (κ1) is 11.2. The van der Waals surface area contributed by atoms with Gasteiger partial charge in [0.05, 0.1) is 10.2 Å². The largest absolute Gasteiger partial charge is 0.332 e. The molecule has 3 heteroatoms. The number of anilines is 2. The lowest BCUT2D eigenvalue weighted by atomic mass is 10.1. The minimum absolute atomic E-state index is 0.946. The normalized spacial score (nSPS) is 10.8. The first-order valence-electron chi connectivity index (χ1n) is 5.92. The average molecular weight is 254 g/mol. The highest BCUT2D eigenvalue weighted by atomic mass is 32.1.